The normalized spacial score (nSPS) is 17.2. The number of fused-ring (bicyclic) bond motifs is 1. The fourth-order valence-corrected chi connectivity index (χ4v) is 4.84. The van der Waals surface area contributed by atoms with Crippen molar-refractivity contribution in [2.75, 3.05) is 37.7 Å². The Kier molecular flexibility index (Phi) is 5.89. The molecule has 0 N–H and O–H groups in total. The molecule has 0 unspecified atom stereocenters. The first-order valence-electron chi connectivity index (χ1n) is 10.7. The molecule has 2 aliphatic heterocycles. The van der Waals surface area contributed by atoms with Crippen molar-refractivity contribution in [1.29, 1.82) is 0 Å². The number of halogens is 1. The number of unbranched alkanes of at least 4 members (excludes halogenated alkanes) is 1. The van der Waals surface area contributed by atoms with Crippen molar-refractivity contribution in [3.05, 3.63) is 51.8 Å². The van der Waals surface area contributed by atoms with Gasteiger partial charge in [0.15, 0.2) is 0 Å². The van der Waals surface area contributed by atoms with Crippen molar-refractivity contribution in [1.82, 2.24) is 14.4 Å². The van der Waals surface area contributed by atoms with E-state index >= 15 is 0 Å². The van der Waals surface area contributed by atoms with E-state index in [9.17, 15) is 9.59 Å². The molecule has 0 atom stereocenters. The van der Waals surface area contributed by atoms with Gasteiger partial charge in [-0.15, -0.1) is 0 Å². The van der Waals surface area contributed by atoms with Crippen LogP contribution in [0.4, 0.5) is 5.69 Å². The van der Waals surface area contributed by atoms with Gasteiger partial charge < -0.3 is 9.47 Å². The number of aromatic nitrogens is 1. The third-order valence-electron chi connectivity index (χ3n) is 6.34. The highest BCUT2D eigenvalue weighted by atomic mass is 35.5. The summed E-state index contributed by atoms with van der Waals surface area (Å²) in [6, 6.07) is 7.85. The summed E-state index contributed by atoms with van der Waals surface area (Å²) < 4.78 is 2.13. The Hall–Kier alpha value is -2.31. The smallest absolute Gasteiger partial charge is 0.264 e. The first-order valence-corrected chi connectivity index (χ1v) is 11.1. The summed E-state index contributed by atoms with van der Waals surface area (Å²) in [4.78, 5) is 32.1. The van der Waals surface area contributed by atoms with Gasteiger partial charge in [-0.2, -0.15) is 0 Å². The van der Waals surface area contributed by atoms with Gasteiger partial charge >= 0.3 is 0 Å². The van der Waals surface area contributed by atoms with E-state index in [4.69, 9.17) is 11.6 Å². The monoisotopic (exact) mass is 428 g/mol. The van der Waals surface area contributed by atoms with Crippen molar-refractivity contribution < 1.29 is 9.59 Å². The van der Waals surface area contributed by atoms with Crippen LogP contribution in [0.3, 0.4) is 0 Å². The quantitative estimate of drug-likeness (QED) is 0.654. The number of hydrogen-bond acceptors (Lipinski definition) is 4. The molecule has 30 heavy (non-hydrogen) atoms. The molecule has 2 aromatic rings. The van der Waals surface area contributed by atoms with Crippen LogP contribution in [0.1, 0.15) is 51.9 Å². The molecule has 2 amide bonds. The minimum absolute atomic E-state index is 0.153. The van der Waals surface area contributed by atoms with Crippen molar-refractivity contribution in [3.63, 3.8) is 0 Å². The molecule has 0 saturated carbocycles. The molecule has 0 spiro atoms. The number of carbonyl (C=O) groups excluding carboxylic acids is 2. The van der Waals surface area contributed by atoms with Crippen molar-refractivity contribution in [3.8, 4) is 0 Å². The molecule has 160 valence electrons. The van der Waals surface area contributed by atoms with Crippen LogP contribution in [-0.4, -0.2) is 59.0 Å². The third-order valence-corrected chi connectivity index (χ3v) is 6.66. The van der Waals surface area contributed by atoms with Crippen LogP contribution in [0.15, 0.2) is 24.3 Å². The Labute approximate surface area is 183 Å². The number of amides is 2. The molecule has 7 heteroatoms. The number of piperazine rings is 1. The molecule has 4 rings (SSSR count). The number of para-hydroxylation sites is 1. The summed E-state index contributed by atoms with van der Waals surface area (Å²) in [5.41, 5.74) is 4.07. The van der Waals surface area contributed by atoms with Gasteiger partial charge in [0.05, 0.1) is 28.5 Å². The zero-order chi connectivity index (χ0) is 21.4. The van der Waals surface area contributed by atoms with E-state index in [1.54, 1.807) is 0 Å². The Morgan fingerprint density at radius 3 is 2.10 bits per heavy atom. The first kappa shape index (κ1) is 20.9. The summed E-state index contributed by atoms with van der Waals surface area (Å²) in [5.74, 6) is -0.307. The average Bonchev–Trinajstić information content (AvgIpc) is 3.14. The highest BCUT2D eigenvalue weighted by Gasteiger charge is 2.41. The number of rotatable bonds is 6. The van der Waals surface area contributed by atoms with Crippen LogP contribution < -0.4 is 4.90 Å². The Balaban J connectivity index is 1.44. The predicted molar refractivity (Wildman–Crippen MR) is 119 cm³/mol. The number of benzene rings is 1. The Morgan fingerprint density at radius 2 is 1.53 bits per heavy atom. The Morgan fingerprint density at radius 1 is 0.933 bits per heavy atom. The van der Waals surface area contributed by atoms with E-state index in [2.05, 4.69) is 21.3 Å². The molecule has 2 aliphatic rings. The van der Waals surface area contributed by atoms with Gasteiger partial charge in [0.2, 0.25) is 0 Å². The zero-order valence-electron chi connectivity index (χ0n) is 17.9. The lowest BCUT2D eigenvalue weighted by molar-refractivity contribution is 0.0533. The summed E-state index contributed by atoms with van der Waals surface area (Å²) in [6.45, 7) is 10.4. The van der Waals surface area contributed by atoms with Gasteiger partial charge in [-0.1, -0.05) is 37.1 Å². The maximum absolute atomic E-state index is 13.1. The van der Waals surface area contributed by atoms with Crippen molar-refractivity contribution in [2.45, 2.75) is 40.2 Å². The molecule has 1 aromatic heterocycles. The summed E-state index contributed by atoms with van der Waals surface area (Å²) in [5, 5.41) is 0.751. The molecule has 1 fully saturated rings. The first-order chi connectivity index (χ1) is 14.4. The van der Waals surface area contributed by atoms with Crippen LogP contribution in [0.2, 0.25) is 5.02 Å². The van der Waals surface area contributed by atoms with Crippen LogP contribution in [0.25, 0.3) is 0 Å². The molecule has 0 aliphatic carbocycles. The number of hydrogen-bond donors (Lipinski definition) is 0. The fraction of sp³-hybridized carbons (Fsp3) is 0.478. The number of nitrogens with zero attached hydrogens (tertiary/aromatic N) is 4. The number of carbonyl (C=O) groups is 2. The molecule has 0 radical (unpaired) electrons. The van der Waals surface area contributed by atoms with Gasteiger partial charge in [-0.25, -0.2) is 0 Å². The number of imide groups is 1. The summed E-state index contributed by atoms with van der Waals surface area (Å²) in [7, 11) is 0. The Bertz CT molecular complexity index is 936. The molecule has 1 saturated heterocycles. The second-order valence-corrected chi connectivity index (χ2v) is 8.57. The zero-order valence-corrected chi connectivity index (χ0v) is 18.7. The lowest BCUT2D eigenvalue weighted by Gasteiger charge is -2.37. The van der Waals surface area contributed by atoms with Gasteiger partial charge in [0.1, 0.15) is 0 Å². The van der Waals surface area contributed by atoms with Crippen LogP contribution in [0.5, 0.6) is 0 Å². The van der Waals surface area contributed by atoms with E-state index in [1.807, 2.05) is 38.1 Å². The maximum Gasteiger partial charge on any atom is 0.264 e. The minimum atomic E-state index is -0.153. The topological polar surface area (TPSA) is 48.8 Å². The van der Waals surface area contributed by atoms with E-state index in [-0.39, 0.29) is 11.8 Å². The molecule has 0 bridgehead atoms. The molecule has 3 heterocycles. The van der Waals surface area contributed by atoms with E-state index in [0.29, 0.717) is 17.8 Å². The maximum atomic E-state index is 13.1. The number of anilines is 1. The average molecular weight is 429 g/mol. The van der Waals surface area contributed by atoms with Crippen molar-refractivity contribution >= 4 is 29.1 Å². The highest BCUT2D eigenvalue weighted by molar-refractivity contribution is 6.33. The molecule has 6 nitrogen and oxygen atoms in total. The second kappa shape index (κ2) is 8.44. The fourth-order valence-electron chi connectivity index (χ4n) is 4.59. The van der Waals surface area contributed by atoms with Crippen LogP contribution in [-0.2, 0) is 6.54 Å². The standard InChI is InChI=1S/C23H29ClN4O2/c1-4-5-10-27-16(2)20-21(17(27)3)23(30)28(22(20)29)15-25-11-13-26(14-12-25)19-9-7-6-8-18(19)24/h6-9H,4-5,10-15H2,1-3H3. The minimum Gasteiger partial charge on any atom is -0.368 e. The van der Waals surface area contributed by atoms with Crippen LogP contribution in [0, 0.1) is 13.8 Å². The largest absolute Gasteiger partial charge is 0.368 e. The van der Waals surface area contributed by atoms with Gasteiger partial charge in [-0.05, 0) is 32.4 Å². The predicted octanol–water partition coefficient (Wildman–Crippen LogP) is 3.93. The third kappa shape index (κ3) is 3.52. The van der Waals surface area contributed by atoms with E-state index < -0.39 is 0 Å². The van der Waals surface area contributed by atoms with E-state index in [1.165, 1.54) is 4.90 Å². The van der Waals surface area contributed by atoms with E-state index in [0.717, 1.165) is 67.7 Å². The second-order valence-electron chi connectivity index (χ2n) is 8.16. The van der Waals surface area contributed by atoms with Gasteiger partial charge in [0, 0.05) is 44.1 Å². The summed E-state index contributed by atoms with van der Waals surface area (Å²) in [6.07, 6.45) is 2.12. The van der Waals surface area contributed by atoms with Crippen LogP contribution >= 0.6 is 11.6 Å². The van der Waals surface area contributed by atoms with Gasteiger partial charge in [-0.3, -0.25) is 19.4 Å². The molecular formula is C23H29ClN4O2. The van der Waals surface area contributed by atoms with Gasteiger partial charge in [0.25, 0.3) is 11.8 Å². The highest BCUT2D eigenvalue weighted by Crippen LogP contribution is 2.32. The molecular weight excluding hydrogens is 400 g/mol. The lowest BCUT2D eigenvalue weighted by atomic mass is 10.1. The molecule has 1 aromatic carbocycles. The van der Waals surface area contributed by atoms with Crippen molar-refractivity contribution in [2.24, 2.45) is 0 Å². The summed E-state index contributed by atoms with van der Waals surface area (Å²) >= 11 is 6.33. The SMILES string of the molecule is CCCCn1c(C)c2c(c1C)C(=O)N(CN1CCN(c3ccccc3Cl)CC1)C2=O. The lowest BCUT2D eigenvalue weighted by Crippen LogP contribution is -2.51.